The molecule has 0 fully saturated rings. The van der Waals surface area contributed by atoms with Gasteiger partial charge in [0.25, 0.3) is 0 Å². The van der Waals surface area contributed by atoms with Gasteiger partial charge in [0.15, 0.2) is 17.1 Å². The van der Waals surface area contributed by atoms with E-state index in [4.69, 9.17) is 4.74 Å². The zero-order valence-corrected chi connectivity index (χ0v) is 19.6. The van der Waals surface area contributed by atoms with Gasteiger partial charge in [0.1, 0.15) is 5.75 Å². The van der Waals surface area contributed by atoms with Gasteiger partial charge in [-0.1, -0.05) is 36.9 Å². The Hall–Kier alpha value is -2.80. The topological polar surface area (TPSA) is 69.0 Å². The Morgan fingerprint density at radius 2 is 1.77 bits per heavy atom. The number of aryl methyl sites for hydroxylation is 3. The van der Waals surface area contributed by atoms with Gasteiger partial charge in [-0.25, -0.2) is 0 Å². The third-order valence-electron chi connectivity index (χ3n) is 4.91. The van der Waals surface area contributed by atoms with E-state index in [-0.39, 0.29) is 17.8 Å². The molecule has 1 aromatic heterocycles. The molecule has 2 aromatic carbocycles. The quantitative estimate of drug-likeness (QED) is 0.456. The van der Waals surface area contributed by atoms with Gasteiger partial charge in [-0.05, 0) is 75.1 Å². The molecule has 0 bridgehead atoms. The van der Waals surface area contributed by atoms with Crippen LogP contribution in [0.4, 0.5) is 5.69 Å². The second-order valence-corrected chi connectivity index (χ2v) is 8.50. The molecule has 0 spiro atoms. The Labute approximate surface area is 188 Å². The highest BCUT2D eigenvalue weighted by Crippen LogP contribution is 2.25. The molecule has 1 atom stereocenters. The fraction of sp³-hybridized carbons (Fsp3) is 0.375. The number of anilines is 1. The van der Waals surface area contributed by atoms with Crippen LogP contribution >= 0.6 is 11.8 Å². The molecule has 0 aliphatic carbocycles. The van der Waals surface area contributed by atoms with Gasteiger partial charge in [0.05, 0.1) is 5.75 Å². The molecule has 0 saturated carbocycles. The lowest BCUT2D eigenvalue weighted by Gasteiger charge is -2.16. The third kappa shape index (κ3) is 6.10. The van der Waals surface area contributed by atoms with E-state index in [1.807, 2.05) is 56.5 Å². The minimum Gasteiger partial charge on any atom is -0.483 e. The SMILES string of the molecule is CCc1ccc(O[C@H](C)c2nnc(SCC(=O)Nc3cc(C)cc(C)c3)n2CC)cc1. The van der Waals surface area contributed by atoms with E-state index in [1.165, 1.54) is 17.3 Å². The van der Waals surface area contributed by atoms with Crippen LogP contribution in [0.15, 0.2) is 47.6 Å². The Kier molecular flexibility index (Phi) is 7.74. The van der Waals surface area contributed by atoms with E-state index in [0.717, 1.165) is 34.8 Å². The number of hydrogen-bond donors (Lipinski definition) is 1. The molecule has 1 amide bonds. The molecule has 3 aromatic rings. The van der Waals surface area contributed by atoms with Gasteiger partial charge in [-0.3, -0.25) is 4.79 Å². The molecule has 3 rings (SSSR count). The molecular weight excluding hydrogens is 408 g/mol. The van der Waals surface area contributed by atoms with Gasteiger partial charge >= 0.3 is 0 Å². The predicted octanol–water partition coefficient (Wildman–Crippen LogP) is 5.35. The maximum atomic E-state index is 12.4. The highest BCUT2D eigenvalue weighted by molar-refractivity contribution is 7.99. The Bertz CT molecular complexity index is 1010. The van der Waals surface area contributed by atoms with Crippen molar-refractivity contribution in [2.75, 3.05) is 11.1 Å². The minimum atomic E-state index is -0.252. The Morgan fingerprint density at radius 1 is 1.10 bits per heavy atom. The molecule has 7 heteroatoms. The second kappa shape index (κ2) is 10.5. The molecule has 0 unspecified atom stereocenters. The standard InChI is InChI=1S/C24H30N4O2S/c1-6-19-8-10-21(11-9-19)30-18(5)23-26-27-24(28(23)7-2)31-15-22(29)25-20-13-16(3)12-17(4)14-20/h8-14,18H,6-7,15H2,1-5H3,(H,25,29)/t18-/m1/s1. The number of aromatic nitrogens is 3. The first-order valence-corrected chi connectivity index (χ1v) is 11.6. The number of benzene rings is 2. The van der Waals surface area contributed by atoms with Crippen LogP contribution in [0, 0.1) is 13.8 Å². The molecule has 0 radical (unpaired) electrons. The average molecular weight is 439 g/mol. The maximum absolute atomic E-state index is 12.4. The highest BCUT2D eigenvalue weighted by atomic mass is 32.2. The lowest BCUT2D eigenvalue weighted by molar-refractivity contribution is -0.113. The van der Waals surface area contributed by atoms with Crippen molar-refractivity contribution in [2.45, 2.75) is 58.8 Å². The molecule has 164 valence electrons. The van der Waals surface area contributed by atoms with Gasteiger partial charge in [-0.15, -0.1) is 10.2 Å². The molecule has 0 aliphatic heterocycles. The van der Waals surface area contributed by atoms with Crippen LogP contribution in [0.25, 0.3) is 0 Å². The number of hydrogen-bond acceptors (Lipinski definition) is 5. The fourth-order valence-corrected chi connectivity index (χ4v) is 4.25. The number of carbonyl (C=O) groups excluding carboxylic acids is 1. The second-order valence-electron chi connectivity index (χ2n) is 7.56. The number of thioether (sulfide) groups is 1. The van der Waals surface area contributed by atoms with Crippen LogP contribution < -0.4 is 10.1 Å². The highest BCUT2D eigenvalue weighted by Gasteiger charge is 2.19. The van der Waals surface area contributed by atoms with Crippen LogP contribution in [0.5, 0.6) is 5.75 Å². The van der Waals surface area contributed by atoms with Crippen molar-refractivity contribution in [3.63, 3.8) is 0 Å². The number of nitrogens with one attached hydrogen (secondary N) is 1. The van der Waals surface area contributed by atoms with Gasteiger partial charge < -0.3 is 14.6 Å². The van der Waals surface area contributed by atoms with Crippen molar-refractivity contribution in [1.29, 1.82) is 0 Å². The first kappa shape index (κ1) is 22.9. The molecule has 0 saturated heterocycles. The van der Waals surface area contributed by atoms with E-state index >= 15 is 0 Å². The summed E-state index contributed by atoms with van der Waals surface area (Å²) in [6, 6.07) is 14.1. The smallest absolute Gasteiger partial charge is 0.234 e. The van der Waals surface area contributed by atoms with E-state index in [0.29, 0.717) is 11.7 Å². The summed E-state index contributed by atoms with van der Waals surface area (Å²) < 4.78 is 8.07. The van der Waals surface area contributed by atoms with E-state index in [1.54, 1.807) is 0 Å². The third-order valence-corrected chi connectivity index (χ3v) is 5.87. The zero-order valence-electron chi connectivity index (χ0n) is 18.8. The summed E-state index contributed by atoms with van der Waals surface area (Å²) in [6.45, 7) is 10.9. The van der Waals surface area contributed by atoms with Crippen LogP contribution in [-0.2, 0) is 17.8 Å². The Morgan fingerprint density at radius 3 is 2.39 bits per heavy atom. The van der Waals surface area contributed by atoms with Crippen LogP contribution in [-0.4, -0.2) is 26.4 Å². The molecule has 1 heterocycles. The monoisotopic (exact) mass is 438 g/mol. The van der Waals surface area contributed by atoms with E-state index in [9.17, 15) is 4.79 Å². The van der Waals surface area contributed by atoms with E-state index < -0.39 is 0 Å². The van der Waals surface area contributed by atoms with Gasteiger partial charge in [0.2, 0.25) is 5.91 Å². The summed E-state index contributed by atoms with van der Waals surface area (Å²) in [5, 5.41) is 12.3. The van der Waals surface area contributed by atoms with Crippen molar-refractivity contribution in [2.24, 2.45) is 0 Å². The summed E-state index contributed by atoms with van der Waals surface area (Å²) in [5.74, 6) is 1.75. The first-order valence-electron chi connectivity index (χ1n) is 10.6. The lowest BCUT2D eigenvalue weighted by atomic mass is 10.1. The molecule has 6 nitrogen and oxygen atoms in total. The normalized spacial score (nSPS) is 11.9. The average Bonchev–Trinajstić information content (AvgIpc) is 3.15. The van der Waals surface area contributed by atoms with Crippen LogP contribution in [0.1, 0.15) is 49.4 Å². The summed E-state index contributed by atoms with van der Waals surface area (Å²) in [5.41, 5.74) is 4.33. The van der Waals surface area contributed by atoms with Gasteiger partial charge in [0, 0.05) is 12.2 Å². The van der Waals surface area contributed by atoms with Crippen molar-refractivity contribution in [3.05, 3.63) is 65.0 Å². The summed E-state index contributed by atoms with van der Waals surface area (Å²) in [4.78, 5) is 12.4. The van der Waals surface area contributed by atoms with Crippen molar-refractivity contribution < 1.29 is 9.53 Å². The number of amides is 1. The fourth-order valence-electron chi connectivity index (χ4n) is 3.44. The van der Waals surface area contributed by atoms with Crippen LogP contribution in [0.3, 0.4) is 0 Å². The maximum Gasteiger partial charge on any atom is 0.234 e. The lowest BCUT2D eigenvalue weighted by Crippen LogP contribution is -2.15. The number of rotatable bonds is 9. The largest absolute Gasteiger partial charge is 0.483 e. The Balaban J connectivity index is 1.62. The van der Waals surface area contributed by atoms with Crippen LogP contribution in [0.2, 0.25) is 0 Å². The summed E-state index contributed by atoms with van der Waals surface area (Å²) in [7, 11) is 0. The minimum absolute atomic E-state index is 0.0671. The number of nitrogens with zero attached hydrogens (tertiary/aromatic N) is 3. The molecule has 31 heavy (non-hydrogen) atoms. The number of carbonyl (C=O) groups is 1. The van der Waals surface area contributed by atoms with Crippen molar-refractivity contribution in [1.82, 2.24) is 14.8 Å². The zero-order chi connectivity index (χ0) is 22.4. The molecule has 1 N–H and O–H groups in total. The van der Waals surface area contributed by atoms with Gasteiger partial charge in [-0.2, -0.15) is 0 Å². The van der Waals surface area contributed by atoms with Crippen molar-refractivity contribution in [3.8, 4) is 5.75 Å². The molecular formula is C24H30N4O2S. The predicted molar refractivity (Wildman–Crippen MR) is 126 cm³/mol. The summed E-state index contributed by atoms with van der Waals surface area (Å²) in [6.07, 6.45) is 0.746. The molecule has 0 aliphatic rings. The number of ether oxygens (including phenoxy) is 1. The first-order chi connectivity index (χ1) is 14.9. The van der Waals surface area contributed by atoms with Crippen molar-refractivity contribution >= 4 is 23.4 Å². The van der Waals surface area contributed by atoms with E-state index in [2.05, 4.69) is 40.6 Å². The summed E-state index contributed by atoms with van der Waals surface area (Å²) >= 11 is 1.38.